The zero-order valence-corrected chi connectivity index (χ0v) is 16.6. The van der Waals surface area contributed by atoms with Gasteiger partial charge in [-0.1, -0.05) is 34.1 Å². The number of halogens is 1. The van der Waals surface area contributed by atoms with Gasteiger partial charge < -0.3 is 19.3 Å². The Labute approximate surface area is 158 Å². The van der Waals surface area contributed by atoms with Gasteiger partial charge in [0, 0.05) is 15.6 Å². The summed E-state index contributed by atoms with van der Waals surface area (Å²) >= 11 is 3.66. The predicted molar refractivity (Wildman–Crippen MR) is 102 cm³/mol. The Morgan fingerprint density at radius 2 is 1.48 bits per heavy atom. The Bertz CT molecular complexity index is 700. The van der Waals surface area contributed by atoms with Crippen molar-refractivity contribution in [1.82, 2.24) is 0 Å². The Kier molecular flexibility index (Phi) is 6.34. The second kappa shape index (κ2) is 8.70. The predicted octanol–water partition coefficient (Wildman–Crippen LogP) is 0.950. The topological polar surface area (TPSA) is 27.3 Å². The van der Waals surface area contributed by atoms with Gasteiger partial charge in [-0.2, -0.15) is 0 Å². The number of methoxy groups -OCH3 is 2. The monoisotopic (exact) mass is 406 g/mol. The molecule has 3 rings (SSSR count). The van der Waals surface area contributed by atoms with E-state index in [1.165, 1.54) is 41.8 Å². The van der Waals surface area contributed by atoms with Gasteiger partial charge in [-0.15, -0.1) is 0 Å². The van der Waals surface area contributed by atoms with E-state index in [1.807, 2.05) is 6.07 Å². The molecule has 0 unspecified atom stereocenters. The third kappa shape index (κ3) is 4.75. The highest BCUT2D eigenvalue weighted by atomic mass is 79.9. The van der Waals surface area contributed by atoms with Crippen molar-refractivity contribution in [3.63, 3.8) is 0 Å². The number of hydrogen-bond donors (Lipinski definition) is 2. The smallest absolute Gasteiger partial charge is 0.161 e. The highest BCUT2D eigenvalue weighted by Gasteiger charge is 2.24. The first-order valence-electron chi connectivity index (χ1n) is 8.81. The third-order valence-corrected chi connectivity index (χ3v) is 5.74. The molecule has 134 valence electrons. The molecule has 2 aromatic carbocycles. The van der Waals surface area contributed by atoms with Crippen LogP contribution in [0.3, 0.4) is 0 Å². The molecule has 0 saturated carbocycles. The lowest BCUT2D eigenvalue weighted by Crippen LogP contribution is -3.27. The first-order chi connectivity index (χ1) is 12.2. The molecule has 0 aromatic heterocycles. The average Bonchev–Trinajstić information content (AvgIpc) is 2.65. The van der Waals surface area contributed by atoms with Crippen LogP contribution in [-0.2, 0) is 13.1 Å². The minimum atomic E-state index is 0.795. The fraction of sp³-hybridized carbons (Fsp3) is 0.400. The summed E-state index contributed by atoms with van der Waals surface area (Å²) in [6, 6.07) is 14.8. The van der Waals surface area contributed by atoms with Crippen molar-refractivity contribution in [3.8, 4) is 11.5 Å². The van der Waals surface area contributed by atoms with E-state index in [4.69, 9.17) is 9.47 Å². The van der Waals surface area contributed by atoms with Crippen LogP contribution >= 0.6 is 15.9 Å². The first kappa shape index (κ1) is 18.2. The van der Waals surface area contributed by atoms with Crippen molar-refractivity contribution in [2.45, 2.75) is 13.1 Å². The van der Waals surface area contributed by atoms with Crippen LogP contribution < -0.4 is 19.3 Å². The number of rotatable bonds is 6. The molecule has 0 spiro atoms. The molecular weight excluding hydrogens is 380 g/mol. The van der Waals surface area contributed by atoms with Crippen LogP contribution in [0.4, 0.5) is 0 Å². The SMILES string of the molecule is COc1ccc(C[NH+]2CC[NH+](Cc3ccccc3Br)CC2)cc1OC. The molecule has 1 heterocycles. The molecule has 4 nitrogen and oxygen atoms in total. The van der Waals surface area contributed by atoms with E-state index in [2.05, 4.69) is 52.3 Å². The normalized spacial score (nSPS) is 20.3. The summed E-state index contributed by atoms with van der Waals surface area (Å²) in [5, 5.41) is 0. The average molecular weight is 407 g/mol. The Morgan fingerprint density at radius 1 is 0.840 bits per heavy atom. The van der Waals surface area contributed by atoms with E-state index in [1.54, 1.807) is 24.0 Å². The van der Waals surface area contributed by atoms with Crippen LogP contribution in [0.25, 0.3) is 0 Å². The highest BCUT2D eigenvalue weighted by Crippen LogP contribution is 2.27. The molecular formula is C20H27BrN2O2+2. The van der Waals surface area contributed by atoms with Crippen LogP contribution in [0.5, 0.6) is 11.5 Å². The molecule has 0 amide bonds. The minimum absolute atomic E-state index is 0.795. The van der Waals surface area contributed by atoms with Crippen molar-refractivity contribution >= 4 is 15.9 Å². The van der Waals surface area contributed by atoms with Gasteiger partial charge in [0.15, 0.2) is 11.5 Å². The number of ether oxygens (including phenoxy) is 2. The summed E-state index contributed by atoms with van der Waals surface area (Å²) in [5.41, 5.74) is 2.71. The summed E-state index contributed by atoms with van der Waals surface area (Å²) in [5.74, 6) is 1.61. The van der Waals surface area contributed by atoms with Gasteiger partial charge in [-0.3, -0.25) is 0 Å². The summed E-state index contributed by atoms with van der Waals surface area (Å²) < 4.78 is 12.0. The summed E-state index contributed by atoms with van der Waals surface area (Å²) in [4.78, 5) is 3.31. The fourth-order valence-electron chi connectivity index (χ4n) is 3.50. The highest BCUT2D eigenvalue weighted by molar-refractivity contribution is 9.10. The minimum Gasteiger partial charge on any atom is -0.493 e. The molecule has 0 radical (unpaired) electrons. The number of benzene rings is 2. The second-order valence-electron chi connectivity index (χ2n) is 6.63. The van der Waals surface area contributed by atoms with Crippen molar-refractivity contribution in [2.24, 2.45) is 0 Å². The van der Waals surface area contributed by atoms with Gasteiger partial charge in [0.05, 0.1) is 14.2 Å². The molecule has 1 aliphatic rings. The number of nitrogens with one attached hydrogen (secondary N) is 2. The number of hydrogen-bond acceptors (Lipinski definition) is 2. The molecule has 0 aliphatic carbocycles. The lowest BCUT2D eigenvalue weighted by molar-refractivity contribution is -1.02. The van der Waals surface area contributed by atoms with Crippen molar-refractivity contribution < 1.29 is 19.3 Å². The maximum absolute atomic E-state index is 5.42. The molecule has 2 aromatic rings. The maximum atomic E-state index is 5.42. The van der Waals surface area contributed by atoms with Gasteiger partial charge in [-0.25, -0.2) is 0 Å². The molecule has 0 atom stereocenters. The Hall–Kier alpha value is -1.56. The molecule has 1 saturated heterocycles. The zero-order valence-electron chi connectivity index (χ0n) is 15.0. The zero-order chi connectivity index (χ0) is 17.6. The Balaban J connectivity index is 1.53. The maximum Gasteiger partial charge on any atom is 0.161 e. The fourth-order valence-corrected chi connectivity index (χ4v) is 3.93. The van der Waals surface area contributed by atoms with Gasteiger partial charge in [0.2, 0.25) is 0 Å². The summed E-state index contributed by atoms with van der Waals surface area (Å²) in [6.07, 6.45) is 0. The van der Waals surface area contributed by atoms with Gasteiger partial charge in [0.25, 0.3) is 0 Å². The van der Waals surface area contributed by atoms with Crippen molar-refractivity contribution in [3.05, 3.63) is 58.1 Å². The largest absolute Gasteiger partial charge is 0.493 e. The van der Waals surface area contributed by atoms with Gasteiger partial charge in [0.1, 0.15) is 39.3 Å². The van der Waals surface area contributed by atoms with Crippen molar-refractivity contribution in [2.75, 3.05) is 40.4 Å². The van der Waals surface area contributed by atoms with E-state index in [0.717, 1.165) is 24.6 Å². The molecule has 5 heteroatoms. The number of piperazine rings is 1. The van der Waals surface area contributed by atoms with Crippen LogP contribution in [0, 0.1) is 0 Å². The lowest BCUT2D eigenvalue weighted by Gasteiger charge is -2.30. The summed E-state index contributed by atoms with van der Waals surface area (Å²) in [6.45, 7) is 6.98. The third-order valence-electron chi connectivity index (χ3n) is 4.96. The molecule has 1 aliphatic heterocycles. The molecule has 0 bridgehead atoms. The second-order valence-corrected chi connectivity index (χ2v) is 7.49. The number of quaternary nitrogens is 2. The van der Waals surface area contributed by atoms with E-state index in [-0.39, 0.29) is 0 Å². The van der Waals surface area contributed by atoms with Crippen LogP contribution in [0.2, 0.25) is 0 Å². The quantitative estimate of drug-likeness (QED) is 0.747. The molecule has 25 heavy (non-hydrogen) atoms. The van der Waals surface area contributed by atoms with Gasteiger partial charge >= 0.3 is 0 Å². The van der Waals surface area contributed by atoms with E-state index in [0.29, 0.717) is 0 Å². The molecule has 2 N–H and O–H groups in total. The van der Waals surface area contributed by atoms with Crippen LogP contribution in [-0.4, -0.2) is 40.4 Å². The van der Waals surface area contributed by atoms with Gasteiger partial charge in [-0.05, 0) is 24.3 Å². The molecule has 1 fully saturated rings. The van der Waals surface area contributed by atoms with Crippen LogP contribution in [0.15, 0.2) is 46.9 Å². The van der Waals surface area contributed by atoms with E-state index < -0.39 is 0 Å². The van der Waals surface area contributed by atoms with Crippen LogP contribution in [0.1, 0.15) is 11.1 Å². The van der Waals surface area contributed by atoms with E-state index >= 15 is 0 Å². The van der Waals surface area contributed by atoms with Crippen molar-refractivity contribution in [1.29, 1.82) is 0 Å². The standard InChI is InChI=1S/C20H25BrN2O2/c1-24-19-8-7-16(13-20(19)25-2)14-22-9-11-23(12-10-22)15-17-5-3-4-6-18(17)21/h3-8,13H,9-12,14-15H2,1-2H3/p+2. The first-order valence-corrected chi connectivity index (χ1v) is 9.60. The lowest BCUT2D eigenvalue weighted by atomic mass is 10.1. The summed E-state index contributed by atoms with van der Waals surface area (Å²) in [7, 11) is 3.37. The van der Waals surface area contributed by atoms with E-state index in [9.17, 15) is 0 Å². The Morgan fingerprint density at radius 3 is 2.12 bits per heavy atom.